The lowest BCUT2D eigenvalue weighted by molar-refractivity contribution is -0.139. The van der Waals surface area contributed by atoms with E-state index in [2.05, 4.69) is 16.8 Å². The van der Waals surface area contributed by atoms with Gasteiger partial charge in [0, 0.05) is 32.2 Å². The molecule has 0 radical (unpaired) electrons. The molecule has 1 aliphatic heterocycles. The van der Waals surface area contributed by atoms with Crippen LogP contribution in [0.3, 0.4) is 0 Å². The highest BCUT2D eigenvalue weighted by Gasteiger charge is 2.32. The van der Waals surface area contributed by atoms with Gasteiger partial charge < -0.3 is 15.3 Å². The number of amides is 2. The Hall–Kier alpha value is -1.56. The van der Waals surface area contributed by atoms with E-state index in [1.165, 1.54) is 18.9 Å². The molecule has 2 fully saturated rings. The van der Waals surface area contributed by atoms with Crippen molar-refractivity contribution in [3.63, 3.8) is 0 Å². The quantitative estimate of drug-likeness (QED) is 0.712. The number of urea groups is 1. The summed E-state index contributed by atoms with van der Waals surface area (Å²) in [5.74, 6) is -1.02. The van der Waals surface area contributed by atoms with Crippen molar-refractivity contribution < 1.29 is 14.7 Å². The van der Waals surface area contributed by atoms with Crippen molar-refractivity contribution in [2.24, 2.45) is 0 Å². The fourth-order valence-corrected chi connectivity index (χ4v) is 2.36. The Morgan fingerprint density at radius 1 is 1.32 bits per heavy atom. The molecule has 1 atom stereocenters. The molecule has 19 heavy (non-hydrogen) atoms. The van der Waals surface area contributed by atoms with E-state index >= 15 is 0 Å². The Morgan fingerprint density at radius 3 is 2.42 bits per heavy atom. The van der Waals surface area contributed by atoms with Gasteiger partial charge in [-0.3, -0.25) is 4.90 Å². The van der Waals surface area contributed by atoms with Crippen molar-refractivity contribution in [1.29, 1.82) is 0 Å². The third-order valence-corrected chi connectivity index (χ3v) is 3.66. The minimum Gasteiger partial charge on any atom is -0.480 e. The predicted molar refractivity (Wildman–Crippen MR) is 70.9 cm³/mol. The molecule has 6 nitrogen and oxygen atoms in total. The number of carbonyl (C=O) groups is 2. The first kappa shape index (κ1) is 13.9. The summed E-state index contributed by atoms with van der Waals surface area (Å²) in [6, 6.07) is -0.450. The van der Waals surface area contributed by atoms with Crippen LogP contribution in [0.1, 0.15) is 19.3 Å². The van der Waals surface area contributed by atoms with Gasteiger partial charge in [0.15, 0.2) is 0 Å². The monoisotopic (exact) mass is 267 g/mol. The minimum atomic E-state index is -1.02. The lowest BCUT2D eigenvalue weighted by atomic mass is 10.2. The van der Waals surface area contributed by atoms with Crippen LogP contribution in [-0.2, 0) is 4.79 Å². The smallest absolute Gasteiger partial charge is 0.326 e. The number of rotatable bonds is 5. The number of piperazine rings is 1. The van der Waals surface area contributed by atoms with Crippen LogP contribution in [0.25, 0.3) is 0 Å². The lowest BCUT2D eigenvalue weighted by Crippen LogP contribution is -2.54. The number of carbonyl (C=O) groups excluding carboxylic acids is 1. The SMILES string of the molecule is C=CCC(NC(=O)N1CCN(C2CC2)CC1)C(=O)O. The Labute approximate surface area is 113 Å². The normalized spacial score (nSPS) is 21.8. The van der Waals surface area contributed by atoms with E-state index in [-0.39, 0.29) is 12.5 Å². The summed E-state index contributed by atoms with van der Waals surface area (Å²) in [5.41, 5.74) is 0. The molecule has 2 amide bonds. The maximum Gasteiger partial charge on any atom is 0.326 e. The summed E-state index contributed by atoms with van der Waals surface area (Å²) in [6.07, 6.45) is 4.28. The maximum absolute atomic E-state index is 12.0. The van der Waals surface area contributed by atoms with Gasteiger partial charge in [-0.2, -0.15) is 0 Å². The largest absolute Gasteiger partial charge is 0.480 e. The van der Waals surface area contributed by atoms with Gasteiger partial charge in [0.25, 0.3) is 0 Å². The van der Waals surface area contributed by atoms with Gasteiger partial charge in [-0.15, -0.1) is 6.58 Å². The molecule has 2 rings (SSSR count). The van der Waals surface area contributed by atoms with Crippen LogP contribution in [0.15, 0.2) is 12.7 Å². The summed E-state index contributed by atoms with van der Waals surface area (Å²) >= 11 is 0. The molecular weight excluding hydrogens is 246 g/mol. The molecule has 0 spiro atoms. The average Bonchev–Trinajstić information content (AvgIpc) is 3.22. The molecule has 0 aromatic carbocycles. The second-order valence-corrected chi connectivity index (χ2v) is 5.12. The molecule has 0 bridgehead atoms. The van der Waals surface area contributed by atoms with Gasteiger partial charge in [0.1, 0.15) is 6.04 Å². The first-order chi connectivity index (χ1) is 9.11. The number of aliphatic carboxylic acids is 1. The van der Waals surface area contributed by atoms with Gasteiger partial charge in [0.05, 0.1) is 0 Å². The van der Waals surface area contributed by atoms with Crippen LogP contribution >= 0.6 is 0 Å². The molecule has 1 saturated carbocycles. The first-order valence-electron chi connectivity index (χ1n) is 6.75. The summed E-state index contributed by atoms with van der Waals surface area (Å²) in [4.78, 5) is 27.0. The molecule has 6 heteroatoms. The number of hydrogen-bond donors (Lipinski definition) is 2. The molecule has 1 aliphatic carbocycles. The predicted octanol–water partition coefficient (Wildman–Crippen LogP) is 0.505. The maximum atomic E-state index is 12.0. The van der Waals surface area contributed by atoms with Gasteiger partial charge in [0.2, 0.25) is 0 Å². The number of carboxylic acids is 1. The number of carboxylic acid groups (broad SMARTS) is 1. The Kier molecular flexibility index (Phi) is 4.42. The standard InChI is InChI=1S/C13H21N3O3/c1-2-3-11(12(17)18)14-13(19)16-8-6-15(7-9-16)10-4-5-10/h2,10-11H,1,3-9H2,(H,14,19)(H,17,18). The second kappa shape index (κ2) is 6.06. The van der Waals surface area contributed by atoms with E-state index in [4.69, 9.17) is 5.11 Å². The van der Waals surface area contributed by atoms with Crippen molar-refractivity contribution in [2.75, 3.05) is 26.2 Å². The highest BCUT2D eigenvalue weighted by Crippen LogP contribution is 2.27. The van der Waals surface area contributed by atoms with Crippen LogP contribution in [0, 0.1) is 0 Å². The van der Waals surface area contributed by atoms with Crippen molar-refractivity contribution in [3.8, 4) is 0 Å². The minimum absolute atomic E-state index is 0.239. The van der Waals surface area contributed by atoms with E-state index in [1.54, 1.807) is 4.90 Å². The molecule has 1 saturated heterocycles. The molecular formula is C13H21N3O3. The van der Waals surface area contributed by atoms with E-state index < -0.39 is 12.0 Å². The van der Waals surface area contributed by atoms with E-state index in [0.717, 1.165) is 19.1 Å². The molecule has 0 aromatic heterocycles. The van der Waals surface area contributed by atoms with Crippen LogP contribution < -0.4 is 5.32 Å². The number of nitrogens with one attached hydrogen (secondary N) is 1. The van der Waals surface area contributed by atoms with Crippen molar-refractivity contribution in [1.82, 2.24) is 15.1 Å². The van der Waals surface area contributed by atoms with Crippen molar-refractivity contribution in [3.05, 3.63) is 12.7 Å². The summed E-state index contributed by atoms with van der Waals surface area (Å²) < 4.78 is 0. The van der Waals surface area contributed by atoms with Crippen molar-refractivity contribution in [2.45, 2.75) is 31.3 Å². The van der Waals surface area contributed by atoms with Crippen LogP contribution in [-0.4, -0.2) is 65.2 Å². The van der Waals surface area contributed by atoms with Crippen LogP contribution in [0.2, 0.25) is 0 Å². The van der Waals surface area contributed by atoms with Crippen LogP contribution in [0.4, 0.5) is 4.79 Å². The molecule has 1 unspecified atom stereocenters. The Morgan fingerprint density at radius 2 is 1.95 bits per heavy atom. The zero-order chi connectivity index (χ0) is 13.8. The van der Waals surface area contributed by atoms with Gasteiger partial charge >= 0.3 is 12.0 Å². The fraction of sp³-hybridized carbons (Fsp3) is 0.692. The van der Waals surface area contributed by atoms with Gasteiger partial charge in [-0.25, -0.2) is 9.59 Å². The third kappa shape index (κ3) is 3.70. The zero-order valence-electron chi connectivity index (χ0n) is 11.0. The van der Waals surface area contributed by atoms with Crippen molar-refractivity contribution >= 4 is 12.0 Å². The second-order valence-electron chi connectivity index (χ2n) is 5.12. The molecule has 2 N–H and O–H groups in total. The highest BCUT2D eigenvalue weighted by molar-refractivity contribution is 5.82. The lowest BCUT2D eigenvalue weighted by Gasteiger charge is -2.35. The fourth-order valence-electron chi connectivity index (χ4n) is 2.36. The number of hydrogen-bond acceptors (Lipinski definition) is 3. The zero-order valence-corrected chi connectivity index (χ0v) is 11.0. The van der Waals surface area contributed by atoms with Gasteiger partial charge in [-0.1, -0.05) is 6.08 Å². The van der Waals surface area contributed by atoms with E-state index in [1.807, 2.05) is 0 Å². The molecule has 0 aromatic rings. The Balaban J connectivity index is 1.79. The molecule has 2 aliphatic rings. The molecule has 106 valence electrons. The van der Waals surface area contributed by atoms with E-state index in [9.17, 15) is 9.59 Å². The summed E-state index contributed by atoms with van der Waals surface area (Å²) in [6.45, 7) is 6.62. The molecule has 1 heterocycles. The summed E-state index contributed by atoms with van der Waals surface area (Å²) in [5, 5.41) is 11.5. The topological polar surface area (TPSA) is 72.9 Å². The summed E-state index contributed by atoms with van der Waals surface area (Å²) in [7, 11) is 0. The van der Waals surface area contributed by atoms with Crippen LogP contribution in [0.5, 0.6) is 0 Å². The van der Waals surface area contributed by atoms with E-state index in [0.29, 0.717) is 13.1 Å². The Bertz CT molecular complexity index is 360. The van der Waals surface area contributed by atoms with Gasteiger partial charge in [-0.05, 0) is 19.3 Å². The number of nitrogens with zero attached hydrogens (tertiary/aromatic N) is 2. The average molecular weight is 267 g/mol. The first-order valence-corrected chi connectivity index (χ1v) is 6.75. The highest BCUT2D eigenvalue weighted by atomic mass is 16.4. The third-order valence-electron chi connectivity index (χ3n) is 3.66.